The molecule has 0 aliphatic rings. The summed E-state index contributed by atoms with van der Waals surface area (Å²) in [5.74, 6) is -1.35. The largest absolute Gasteiger partial charge is 0.406 e. The van der Waals surface area contributed by atoms with Crippen molar-refractivity contribution in [1.82, 2.24) is 9.88 Å². The lowest BCUT2D eigenvalue weighted by atomic mass is 10.1. The van der Waals surface area contributed by atoms with Crippen LogP contribution in [-0.2, 0) is 17.8 Å². The van der Waals surface area contributed by atoms with E-state index in [0.29, 0.717) is 15.5 Å². The molecule has 1 amide bonds. The van der Waals surface area contributed by atoms with Crippen LogP contribution in [0.2, 0.25) is 0 Å². The van der Waals surface area contributed by atoms with Crippen molar-refractivity contribution in [2.24, 2.45) is 0 Å². The van der Waals surface area contributed by atoms with Crippen LogP contribution in [0.25, 0.3) is 10.6 Å². The van der Waals surface area contributed by atoms with Gasteiger partial charge in [-0.05, 0) is 12.1 Å². The number of aromatic nitrogens is 1. The van der Waals surface area contributed by atoms with Crippen molar-refractivity contribution in [3.63, 3.8) is 0 Å². The molecular weight excluding hydrogens is 438 g/mol. The van der Waals surface area contributed by atoms with E-state index in [2.05, 4.69) is 4.98 Å². The number of nitrogens with zero attached hydrogens (tertiary/aromatic N) is 3. The van der Waals surface area contributed by atoms with E-state index in [1.807, 2.05) is 0 Å². The average Bonchev–Trinajstić information content (AvgIpc) is 3.15. The maximum absolute atomic E-state index is 13.4. The van der Waals surface area contributed by atoms with E-state index in [1.54, 1.807) is 6.07 Å². The smallest absolute Gasteiger partial charge is 0.329 e. The number of halogens is 4. The molecule has 0 unspecified atom stereocenters. The molecule has 31 heavy (non-hydrogen) atoms. The third-order valence-electron chi connectivity index (χ3n) is 4.23. The highest BCUT2D eigenvalue weighted by molar-refractivity contribution is 7.13. The number of hydrogen-bond donors (Lipinski definition) is 0. The first-order valence-electron chi connectivity index (χ1n) is 8.89. The lowest BCUT2D eigenvalue weighted by Gasteiger charge is -2.23. The average molecular weight is 453 g/mol. The van der Waals surface area contributed by atoms with Gasteiger partial charge in [0.05, 0.1) is 23.6 Å². The monoisotopic (exact) mass is 453 g/mol. The second-order valence-corrected chi connectivity index (χ2v) is 7.44. The lowest BCUT2D eigenvalue weighted by molar-refractivity contribution is -0.385. The number of nitro groups is 1. The van der Waals surface area contributed by atoms with Crippen LogP contribution in [-0.4, -0.2) is 33.4 Å². The quantitative estimate of drug-likeness (QED) is 0.287. The molecule has 0 saturated heterocycles. The van der Waals surface area contributed by atoms with Gasteiger partial charge in [-0.2, -0.15) is 13.2 Å². The first-order chi connectivity index (χ1) is 14.6. The number of para-hydroxylation sites is 1. The third-order valence-corrected chi connectivity index (χ3v) is 5.17. The number of alkyl halides is 3. The van der Waals surface area contributed by atoms with E-state index in [9.17, 15) is 32.5 Å². The van der Waals surface area contributed by atoms with Crippen molar-refractivity contribution in [3.05, 3.63) is 81.1 Å². The van der Waals surface area contributed by atoms with Crippen LogP contribution in [0.1, 0.15) is 11.3 Å². The van der Waals surface area contributed by atoms with E-state index in [4.69, 9.17) is 0 Å². The number of carbonyl (C=O) groups excluding carboxylic acids is 1. The van der Waals surface area contributed by atoms with Crippen molar-refractivity contribution in [2.75, 3.05) is 6.54 Å². The number of hydrogen-bond acceptors (Lipinski definition) is 5. The number of benzene rings is 2. The highest BCUT2D eigenvalue weighted by Crippen LogP contribution is 2.26. The van der Waals surface area contributed by atoms with E-state index < -0.39 is 42.3 Å². The molecule has 0 spiro atoms. The van der Waals surface area contributed by atoms with Gasteiger partial charge in [0, 0.05) is 22.6 Å². The SMILES string of the molecule is O=C(Cc1csc(-c2cccc(F)c2)n1)N(Cc1ccccc1[N+](=O)[O-])CC(F)(F)F. The zero-order chi connectivity index (χ0) is 22.6. The Labute approximate surface area is 177 Å². The minimum absolute atomic E-state index is 0.0103. The minimum Gasteiger partial charge on any atom is -0.329 e. The van der Waals surface area contributed by atoms with Gasteiger partial charge in [0.1, 0.15) is 17.4 Å². The molecule has 0 aliphatic carbocycles. The fraction of sp³-hybridized carbons (Fsp3) is 0.200. The summed E-state index contributed by atoms with van der Waals surface area (Å²) in [5, 5.41) is 13.1. The maximum Gasteiger partial charge on any atom is 0.406 e. The summed E-state index contributed by atoms with van der Waals surface area (Å²) in [5.41, 5.74) is 0.327. The molecule has 0 aliphatic heterocycles. The topological polar surface area (TPSA) is 76.3 Å². The van der Waals surface area contributed by atoms with Crippen LogP contribution in [0.3, 0.4) is 0 Å². The van der Waals surface area contributed by atoms with Crippen LogP contribution in [0.4, 0.5) is 23.2 Å². The summed E-state index contributed by atoms with van der Waals surface area (Å²) in [6.45, 7) is -2.13. The van der Waals surface area contributed by atoms with Crippen molar-refractivity contribution in [1.29, 1.82) is 0 Å². The number of thiazole rings is 1. The van der Waals surface area contributed by atoms with Gasteiger partial charge in [0.25, 0.3) is 5.69 Å². The van der Waals surface area contributed by atoms with Gasteiger partial charge in [-0.1, -0.05) is 30.3 Å². The summed E-state index contributed by atoms with van der Waals surface area (Å²) < 4.78 is 52.6. The summed E-state index contributed by atoms with van der Waals surface area (Å²) in [4.78, 5) is 27.8. The van der Waals surface area contributed by atoms with E-state index in [-0.39, 0.29) is 16.9 Å². The summed E-state index contributed by atoms with van der Waals surface area (Å²) >= 11 is 1.13. The van der Waals surface area contributed by atoms with Crippen LogP contribution in [0.5, 0.6) is 0 Å². The lowest BCUT2D eigenvalue weighted by Crippen LogP contribution is -2.39. The standard InChI is InChI=1S/C20H15F4N3O3S/c21-15-6-3-5-13(8-15)19-25-16(11-31-19)9-18(28)26(12-20(22,23)24)10-14-4-1-2-7-17(14)27(29)30/h1-8,11H,9-10,12H2. The molecule has 0 fully saturated rings. The highest BCUT2D eigenvalue weighted by atomic mass is 32.1. The number of carbonyl (C=O) groups is 1. The molecule has 0 atom stereocenters. The van der Waals surface area contributed by atoms with E-state index in [1.165, 1.54) is 41.8 Å². The molecule has 0 bridgehead atoms. The fourth-order valence-corrected chi connectivity index (χ4v) is 3.70. The Kier molecular flexibility index (Phi) is 6.64. The van der Waals surface area contributed by atoms with Gasteiger partial charge in [0.2, 0.25) is 5.91 Å². The van der Waals surface area contributed by atoms with Crippen molar-refractivity contribution < 1.29 is 27.3 Å². The predicted molar refractivity (Wildman–Crippen MR) is 106 cm³/mol. The van der Waals surface area contributed by atoms with Gasteiger partial charge in [-0.15, -0.1) is 11.3 Å². The number of amides is 1. The molecule has 162 valence electrons. The van der Waals surface area contributed by atoms with Gasteiger partial charge in [-0.25, -0.2) is 9.37 Å². The van der Waals surface area contributed by atoms with Gasteiger partial charge in [0.15, 0.2) is 0 Å². The number of nitro benzene ring substituents is 1. The maximum atomic E-state index is 13.4. The molecule has 0 saturated carbocycles. The van der Waals surface area contributed by atoms with Crippen LogP contribution in [0, 0.1) is 15.9 Å². The van der Waals surface area contributed by atoms with Gasteiger partial charge < -0.3 is 4.90 Å². The molecule has 6 nitrogen and oxygen atoms in total. The number of rotatable bonds is 7. The molecule has 3 rings (SSSR count). The molecular formula is C20H15F4N3O3S. The second-order valence-electron chi connectivity index (χ2n) is 6.58. The zero-order valence-corrected chi connectivity index (χ0v) is 16.6. The van der Waals surface area contributed by atoms with Crippen LogP contribution in [0.15, 0.2) is 53.9 Å². The Morgan fingerprint density at radius 3 is 2.58 bits per heavy atom. The van der Waals surface area contributed by atoms with E-state index in [0.717, 1.165) is 17.4 Å². The second kappa shape index (κ2) is 9.21. The first kappa shape index (κ1) is 22.3. The molecule has 0 radical (unpaired) electrons. The molecule has 0 N–H and O–H groups in total. The normalized spacial score (nSPS) is 11.4. The van der Waals surface area contributed by atoms with Crippen LogP contribution < -0.4 is 0 Å². The summed E-state index contributed by atoms with van der Waals surface area (Å²) in [7, 11) is 0. The zero-order valence-electron chi connectivity index (χ0n) is 15.8. The molecule has 1 heterocycles. The molecule has 3 aromatic rings. The Balaban J connectivity index is 1.81. The van der Waals surface area contributed by atoms with Gasteiger partial charge >= 0.3 is 6.18 Å². The Bertz CT molecular complexity index is 1100. The van der Waals surface area contributed by atoms with Crippen molar-refractivity contribution in [3.8, 4) is 10.6 Å². The Morgan fingerprint density at radius 2 is 1.90 bits per heavy atom. The van der Waals surface area contributed by atoms with Crippen molar-refractivity contribution >= 4 is 22.9 Å². The highest BCUT2D eigenvalue weighted by Gasteiger charge is 2.34. The minimum atomic E-state index is -4.69. The summed E-state index contributed by atoms with van der Waals surface area (Å²) in [6.07, 6.45) is -5.11. The van der Waals surface area contributed by atoms with Crippen molar-refractivity contribution in [2.45, 2.75) is 19.1 Å². The third kappa shape index (κ3) is 6.07. The first-order valence-corrected chi connectivity index (χ1v) is 9.77. The van der Waals surface area contributed by atoms with Gasteiger partial charge in [-0.3, -0.25) is 14.9 Å². The van der Waals surface area contributed by atoms with Crippen LogP contribution >= 0.6 is 11.3 Å². The summed E-state index contributed by atoms with van der Waals surface area (Å²) in [6, 6.07) is 10.9. The molecule has 2 aromatic carbocycles. The molecule has 11 heteroatoms. The Morgan fingerprint density at radius 1 is 1.16 bits per heavy atom. The Hall–Kier alpha value is -3.34. The molecule has 1 aromatic heterocycles. The van der Waals surface area contributed by atoms with E-state index >= 15 is 0 Å². The fourth-order valence-electron chi connectivity index (χ4n) is 2.89. The predicted octanol–water partition coefficient (Wildman–Crippen LogP) is 4.99.